The molecular weight excluding hydrogens is 272 g/mol. The van der Waals surface area contributed by atoms with Crippen LogP contribution in [-0.2, 0) is 16.1 Å². The Morgan fingerprint density at radius 3 is 2.71 bits per heavy atom. The van der Waals surface area contributed by atoms with Crippen LogP contribution in [0.4, 0.5) is 0 Å². The molecule has 1 aliphatic carbocycles. The van der Waals surface area contributed by atoms with Crippen molar-refractivity contribution in [2.75, 3.05) is 6.61 Å². The van der Waals surface area contributed by atoms with Gasteiger partial charge in [0.05, 0.1) is 18.8 Å². The minimum atomic E-state index is -0.433. The molecule has 0 radical (unpaired) electrons. The molecule has 0 bridgehead atoms. The molecule has 2 rings (SSSR count). The van der Waals surface area contributed by atoms with Gasteiger partial charge in [0.25, 0.3) is 0 Å². The number of aryl methyl sites for hydroxylation is 1. The minimum absolute atomic E-state index is 0.0278. The molecule has 1 aliphatic rings. The van der Waals surface area contributed by atoms with Gasteiger partial charge in [-0.15, -0.1) is 5.10 Å². The lowest BCUT2D eigenvalue weighted by Crippen LogP contribution is -2.31. The molecule has 1 fully saturated rings. The first-order chi connectivity index (χ1) is 10.0. The fraction of sp³-hybridized carbons (Fsp3) is 0.714. The van der Waals surface area contributed by atoms with E-state index in [1.807, 2.05) is 13.8 Å². The molecule has 0 unspecified atom stereocenters. The number of nitrogens with one attached hydrogen (secondary N) is 1. The molecule has 1 aromatic rings. The summed E-state index contributed by atoms with van der Waals surface area (Å²) in [5, 5.41) is 10.8. The Kier molecular flexibility index (Phi) is 4.93. The van der Waals surface area contributed by atoms with Gasteiger partial charge in [-0.1, -0.05) is 5.21 Å². The Hall–Kier alpha value is -1.92. The number of nitrogens with zero attached hydrogens (tertiary/aromatic N) is 3. The Balaban J connectivity index is 2.06. The zero-order chi connectivity index (χ0) is 15.4. The molecule has 0 spiro atoms. The molecule has 0 saturated heterocycles. The van der Waals surface area contributed by atoms with Crippen LogP contribution < -0.4 is 5.32 Å². The Bertz CT molecular complexity index is 520. The van der Waals surface area contributed by atoms with Gasteiger partial charge in [-0.25, -0.2) is 9.48 Å². The van der Waals surface area contributed by atoms with Gasteiger partial charge in [-0.2, -0.15) is 0 Å². The second-order valence-electron chi connectivity index (χ2n) is 5.51. The molecule has 7 heteroatoms. The lowest BCUT2D eigenvalue weighted by atomic mass is 10.2. The summed E-state index contributed by atoms with van der Waals surface area (Å²) in [6, 6.07) is 0.117. The van der Waals surface area contributed by atoms with Crippen LogP contribution in [0, 0.1) is 0 Å². The second-order valence-corrected chi connectivity index (χ2v) is 5.51. The van der Waals surface area contributed by atoms with Crippen molar-refractivity contribution in [2.24, 2.45) is 0 Å². The monoisotopic (exact) mass is 294 g/mol. The second kappa shape index (κ2) is 6.69. The third-order valence-corrected chi connectivity index (χ3v) is 3.21. The molecule has 1 heterocycles. The van der Waals surface area contributed by atoms with E-state index in [0.29, 0.717) is 31.2 Å². The predicted octanol–water partition coefficient (Wildman–Crippen LogP) is 1.25. The van der Waals surface area contributed by atoms with Crippen molar-refractivity contribution in [3.63, 3.8) is 0 Å². The number of esters is 1. The highest BCUT2D eigenvalue weighted by molar-refractivity contribution is 5.88. The highest BCUT2D eigenvalue weighted by Gasteiger charge is 2.34. The highest BCUT2D eigenvalue weighted by Crippen LogP contribution is 2.41. The van der Waals surface area contributed by atoms with E-state index in [1.165, 1.54) is 0 Å². The molecular formula is C14H22N4O3. The molecule has 7 nitrogen and oxygen atoms in total. The molecule has 1 aromatic heterocycles. The summed E-state index contributed by atoms with van der Waals surface area (Å²) < 4.78 is 6.67. The number of hydrogen-bond acceptors (Lipinski definition) is 5. The first-order valence-electron chi connectivity index (χ1n) is 7.42. The predicted molar refractivity (Wildman–Crippen MR) is 75.8 cm³/mol. The van der Waals surface area contributed by atoms with E-state index in [2.05, 4.69) is 15.6 Å². The van der Waals surface area contributed by atoms with Gasteiger partial charge >= 0.3 is 5.97 Å². The van der Waals surface area contributed by atoms with Gasteiger partial charge in [-0.3, -0.25) is 4.79 Å². The van der Waals surface area contributed by atoms with E-state index < -0.39 is 5.97 Å². The van der Waals surface area contributed by atoms with E-state index in [-0.39, 0.29) is 11.9 Å². The van der Waals surface area contributed by atoms with Crippen LogP contribution in [0.5, 0.6) is 0 Å². The average molecular weight is 294 g/mol. The third-order valence-electron chi connectivity index (χ3n) is 3.21. The third kappa shape index (κ3) is 4.03. The van der Waals surface area contributed by atoms with E-state index in [4.69, 9.17) is 4.74 Å². The molecule has 0 atom stereocenters. The van der Waals surface area contributed by atoms with Gasteiger partial charge < -0.3 is 10.1 Å². The van der Waals surface area contributed by atoms with Gasteiger partial charge in [0.2, 0.25) is 5.91 Å². The van der Waals surface area contributed by atoms with E-state index in [9.17, 15) is 9.59 Å². The Morgan fingerprint density at radius 1 is 1.43 bits per heavy atom. The van der Waals surface area contributed by atoms with Crippen molar-refractivity contribution in [2.45, 2.75) is 58.5 Å². The summed E-state index contributed by atoms with van der Waals surface area (Å²) in [6.45, 7) is 6.34. The van der Waals surface area contributed by atoms with Gasteiger partial charge in [0.1, 0.15) is 0 Å². The fourth-order valence-corrected chi connectivity index (χ4v) is 2.19. The Labute approximate surface area is 124 Å². The van der Waals surface area contributed by atoms with Crippen molar-refractivity contribution in [1.82, 2.24) is 20.3 Å². The molecule has 1 N–H and O–H groups in total. The van der Waals surface area contributed by atoms with Crippen molar-refractivity contribution >= 4 is 11.9 Å². The number of rotatable bonds is 7. The Morgan fingerprint density at radius 2 is 2.14 bits per heavy atom. The van der Waals surface area contributed by atoms with Gasteiger partial charge in [-0.05, 0) is 33.6 Å². The summed E-state index contributed by atoms with van der Waals surface area (Å²) >= 11 is 0. The van der Waals surface area contributed by atoms with Gasteiger partial charge in [0, 0.05) is 18.4 Å². The molecule has 21 heavy (non-hydrogen) atoms. The van der Waals surface area contributed by atoms with Crippen molar-refractivity contribution in [1.29, 1.82) is 0 Å². The van der Waals surface area contributed by atoms with Crippen molar-refractivity contribution in [3.8, 4) is 0 Å². The molecule has 1 saturated carbocycles. The number of hydrogen-bond donors (Lipinski definition) is 1. The normalized spacial score (nSPS) is 14.3. The maximum absolute atomic E-state index is 11.9. The quantitative estimate of drug-likeness (QED) is 0.765. The fourth-order valence-electron chi connectivity index (χ4n) is 2.19. The average Bonchev–Trinajstić information content (AvgIpc) is 3.15. The van der Waals surface area contributed by atoms with Crippen LogP contribution in [0.3, 0.4) is 0 Å². The largest absolute Gasteiger partial charge is 0.461 e. The summed E-state index contributed by atoms with van der Waals surface area (Å²) in [5.74, 6) is -0.148. The molecule has 1 amide bonds. The van der Waals surface area contributed by atoms with Crippen LogP contribution >= 0.6 is 0 Å². The number of aromatic nitrogens is 3. The topological polar surface area (TPSA) is 86.1 Å². The van der Waals surface area contributed by atoms with E-state index in [1.54, 1.807) is 11.6 Å². The van der Waals surface area contributed by atoms with E-state index in [0.717, 1.165) is 18.5 Å². The maximum Gasteiger partial charge on any atom is 0.360 e. The van der Waals surface area contributed by atoms with E-state index >= 15 is 0 Å². The number of ether oxygens (including phenoxy) is 1. The standard InChI is InChI=1S/C14H22N4O3/c1-4-21-14(20)12-13(10-5-6-10)18(17-16-12)8-7-11(19)15-9(2)3/h9-10H,4-8H2,1-3H3,(H,15,19). The van der Waals surface area contributed by atoms with Crippen LogP contribution in [-0.4, -0.2) is 39.5 Å². The minimum Gasteiger partial charge on any atom is -0.461 e. The van der Waals surface area contributed by atoms with Crippen molar-refractivity contribution < 1.29 is 14.3 Å². The van der Waals surface area contributed by atoms with Crippen molar-refractivity contribution in [3.05, 3.63) is 11.4 Å². The van der Waals surface area contributed by atoms with Crippen LogP contribution in [0.1, 0.15) is 62.1 Å². The first kappa shape index (κ1) is 15.5. The summed E-state index contributed by atoms with van der Waals surface area (Å²) in [5.41, 5.74) is 1.11. The number of amides is 1. The lowest BCUT2D eigenvalue weighted by molar-refractivity contribution is -0.121. The lowest BCUT2D eigenvalue weighted by Gasteiger charge is -2.09. The molecule has 116 valence electrons. The maximum atomic E-state index is 11.9. The first-order valence-corrected chi connectivity index (χ1v) is 7.42. The molecule has 0 aliphatic heterocycles. The van der Waals surface area contributed by atoms with Gasteiger partial charge in [0.15, 0.2) is 5.69 Å². The molecule has 0 aromatic carbocycles. The highest BCUT2D eigenvalue weighted by atomic mass is 16.5. The zero-order valence-electron chi connectivity index (χ0n) is 12.8. The zero-order valence-corrected chi connectivity index (χ0v) is 12.8. The number of carbonyl (C=O) groups excluding carboxylic acids is 2. The van der Waals surface area contributed by atoms with Crippen LogP contribution in [0.15, 0.2) is 0 Å². The smallest absolute Gasteiger partial charge is 0.360 e. The number of carbonyl (C=O) groups is 2. The summed E-state index contributed by atoms with van der Waals surface area (Å²) in [4.78, 5) is 23.6. The summed E-state index contributed by atoms with van der Waals surface area (Å²) in [6.07, 6.45) is 2.37. The summed E-state index contributed by atoms with van der Waals surface area (Å²) in [7, 11) is 0. The van der Waals surface area contributed by atoms with Crippen LogP contribution in [0.25, 0.3) is 0 Å². The van der Waals surface area contributed by atoms with Crippen LogP contribution in [0.2, 0.25) is 0 Å². The SMILES string of the molecule is CCOC(=O)c1nnn(CCC(=O)NC(C)C)c1C1CC1.